The van der Waals surface area contributed by atoms with Crippen molar-refractivity contribution in [2.45, 2.75) is 45.8 Å². The quantitative estimate of drug-likeness (QED) is 0.496. The molecule has 1 N–H and O–H groups in total. The Hall–Kier alpha value is -2.36. The van der Waals surface area contributed by atoms with E-state index in [0.29, 0.717) is 6.42 Å². The number of benzene rings is 2. The zero-order valence-electron chi connectivity index (χ0n) is 19.4. The van der Waals surface area contributed by atoms with Gasteiger partial charge in [-0.1, -0.05) is 48.3 Å². The smallest absolute Gasteiger partial charge is 0.244 e. The summed E-state index contributed by atoms with van der Waals surface area (Å²) in [6.45, 7) is 4.40. The van der Waals surface area contributed by atoms with Crippen LogP contribution >= 0.6 is 23.2 Å². The van der Waals surface area contributed by atoms with Crippen molar-refractivity contribution in [1.82, 2.24) is 10.2 Å². The Balaban J connectivity index is 2.42. The normalized spacial score (nSPS) is 13.1. The third kappa shape index (κ3) is 7.32. The number of nitrogens with zero attached hydrogens (tertiary/aromatic N) is 2. The topological polar surface area (TPSA) is 86.8 Å². The molecule has 0 saturated carbocycles. The minimum atomic E-state index is -3.92. The second kappa shape index (κ2) is 11.9. The molecule has 0 aliphatic carbocycles. The fourth-order valence-electron chi connectivity index (χ4n) is 3.11. The van der Waals surface area contributed by atoms with Crippen molar-refractivity contribution in [2.24, 2.45) is 0 Å². The number of carbonyl (C=O) groups is 2. The van der Waals surface area contributed by atoms with Gasteiger partial charge in [-0.15, -0.1) is 0 Å². The highest BCUT2D eigenvalue weighted by Gasteiger charge is 2.31. The van der Waals surface area contributed by atoms with Crippen molar-refractivity contribution in [3.63, 3.8) is 0 Å². The average molecular weight is 532 g/mol. The van der Waals surface area contributed by atoms with Crippen LogP contribution < -0.4 is 9.62 Å². The van der Waals surface area contributed by atoms with Crippen molar-refractivity contribution in [3.05, 3.63) is 63.9 Å². The number of hydrogen-bond donors (Lipinski definition) is 1. The molecule has 0 saturated heterocycles. The van der Waals surface area contributed by atoms with E-state index in [9.17, 15) is 22.4 Å². The molecule has 0 fully saturated rings. The van der Waals surface area contributed by atoms with Crippen molar-refractivity contribution in [1.29, 1.82) is 0 Å². The number of rotatable bonds is 10. The molecular weight excluding hydrogens is 504 g/mol. The van der Waals surface area contributed by atoms with E-state index in [0.717, 1.165) is 15.5 Å². The monoisotopic (exact) mass is 531 g/mol. The summed E-state index contributed by atoms with van der Waals surface area (Å²) < 4.78 is 40.3. The molecule has 0 unspecified atom stereocenters. The van der Waals surface area contributed by atoms with Gasteiger partial charge in [-0.3, -0.25) is 13.9 Å². The Morgan fingerprint density at radius 2 is 1.74 bits per heavy atom. The lowest BCUT2D eigenvalue weighted by atomic mass is 10.1. The van der Waals surface area contributed by atoms with Gasteiger partial charge in [-0.2, -0.15) is 0 Å². The van der Waals surface area contributed by atoms with Gasteiger partial charge in [0, 0.05) is 18.2 Å². The summed E-state index contributed by atoms with van der Waals surface area (Å²) in [4.78, 5) is 27.4. The maximum atomic E-state index is 14.4. The number of sulfonamides is 1. The Bertz CT molecular complexity index is 1150. The van der Waals surface area contributed by atoms with E-state index in [1.165, 1.54) is 43.3 Å². The summed E-state index contributed by atoms with van der Waals surface area (Å²) in [6.07, 6.45) is 1.63. The van der Waals surface area contributed by atoms with Gasteiger partial charge < -0.3 is 10.2 Å². The molecule has 2 aromatic carbocycles. The van der Waals surface area contributed by atoms with Crippen LogP contribution in [0.5, 0.6) is 0 Å². The van der Waals surface area contributed by atoms with Gasteiger partial charge in [-0.25, -0.2) is 12.8 Å². The van der Waals surface area contributed by atoms with Crippen LogP contribution in [0, 0.1) is 5.82 Å². The highest BCUT2D eigenvalue weighted by Crippen LogP contribution is 2.28. The molecule has 0 aromatic heterocycles. The summed E-state index contributed by atoms with van der Waals surface area (Å²) in [6, 6.07) is 8.93. The van der Waals surface area contributed by atoms with Crippen molar-refractivity contribution in [3.8, 4) is 0 Å². The van der Waals surface area contributed by atoms with Crippen LogP contribution in [0.15, 0.2) is 42.5 Å². The highest BCUT2D eigenvalue weighted by atomic mass is 35.5. The largest absolute Gasteiger partial charge is 0.352 e. The van der Waals surface area contributed by atoms with E-state index in [2.05, 4.69) is 5.32 Å². The molecule has 7 nitrogen and oxygen atoms in total. The predicted octanol–water partition coefficient (Wildman–Crippen LogP) is 4.23. The van der Waals surface area contributed by atoms with Crippen molar-refractivity contribution < 1.29 is 22.4 Å². The number of anilines is 1. The predicted molar refractivity (Wildman–Crippen MR) is 133 cm³/mol. The number of hydrogen-bond acceptors (Lipinski definition) is 4. The molecule has 186 valence electrons. The second-order valence-electron chi connectivity index (χ2n) is 7.97. The lowest BCUT2D eigenvalue weighted by molar-refractivity contribution is -0.139. The Labute approximate surface area is 209 Å². The fourth-order valence-corrected chi connectivity index (χ4v) is 4.25. The zero-order valence-corrected chi connectivity index (χ0v) is 21.7. The Morgan fingerprint density at radius 1 is 1.09 bits per heavy atom. The summed E-state index contributed by atoms with van der Waals surface area (Å²) in [7, 11) is -3.92. The van der Waals surface area contributed by atoms with Gasteiger partial charge in [0.15, 0.2) is 0 Å². The van der Waals surface area contributed by atoms with E-state index in [4.69, 9.17) is 23.2 Å². The van der Waals surface area contributed by atoms with Gasteiger partial charge in [0.25, 0.3) is 0 Å². The standard InChI is InChI=1S/C23H28Cl2FN3O4S/c1-5-15(2)27-23(31)16(3)28(13-17-8-6-7-9-21(17)26)22(30)14-29(34(4,32)33)18-10-11-19(24)20(25)12-18/h6-12,15-16H,5,13-14H2,1-4H3,(H,27,31)/t15-,16+/m0/s1. The number of halogens is 3. The van der Waals surface area contributed by atoms with Crippen LogP contribution in [-0.4, -0.2) is 50.0 Å². The first-order chi connectivity index (χ1) is 15.8. The lowest BCUT2D eigenvalue weighted by Crippen LogP contribution is -2.52. The fraction of sp³-hybridized carbons (Fsp3) is 0.391. The molecule has 0 bridgehead atoms. The minimum Gasteiger partial charge on any atom is -0.352 e. The van der Waals surface area contributed by atoms with E-state index < -0.39 is 40.2 Å². The second-order valence-corrected chi connectivity index (χ2v) is 10.7. The molecular formula is C23H28Cl2FN3O4S. The molecule has 11 heteroatoms. The first-order valence-electron chi connectivity index (χ1n) is 10.6. The molecule has 2 aromatic rings. The van der Waals surface area contributed by atoms with Crippen LogP contribution in [0.3, 0.4) is 0 Å². The molecule has 0 aliphatic rings. The number of nitrogens with one attached hydrogen (secondary N) is 1. The molecule has 0 aliphatic heterocycles. The maximum absolute atomic E-state index is 14.4. The third-order valence-corrected chi connectivity index (χ3v) is 7.22. The van der Waals surface area contributed by atoms with Crippen molar-refractivity contribution in [2.75, 3.05) is 17.1 Å². The van der Waals surface area contributed by atoms with Crippen LogP contribution in [0.25, 0.3) is 0 Å². The third-order valence-electron chi connectivity index (χ3n) is 5.34. The van der Waals surface area contributed by atoms with E-state index in [-0.39, 0.29) is 33.9 Å². The van der Waals surface area contributed by atoms with Crippen LogP contribution in [0.2, 0.25) is 10.0 Å². The van der Waals surface area contributed by atoms with Gasteiger partial charge in [0.05, 0.1) is 22.0 Å². The molecule has 0 radical (unpaired) electrons. The summed E-state index contributed by atoms with van der Waals surface area (Å²) >= 11 is 12.0. The summed E-state index contributed by atoms with van der Waals surface area (Å²) in [5.74, 6) is -1.66. The summed E-state index contributed by atoms with van der Waals surface area (Å²) in [5.41, 5.74) is 0.326. The first kappa shape index (κ1) is 27.9. The molecule has 0 spiro atoms. The zero-order chi connectivity index (χ0) is 25.6. The number of carbonyl (C=O) groups excluding carboxylic acids is 2. The SMILES string of the molecule is CC[C@H](C)NC(=O)[C@@H](C)N(Cc1ccccc1F)C(=O)CN(c1ccc(Cl)c(Cl)c1)S(C)(=O)=O. The van der Waals surface area contributed by atoms with E-state index in [1.54, 1.807) is 6.07 Å². The molecule has 34 heavy (non-hydrogen) atoms. The van der Waals surface area contributed by atoms with Crippen LogP contribution in [0.1, 0.15) is 32.8 Å². The average Bonchev–Trinajstić information content (AvgIpc) is 2.77. The maximum Gasteiger partial charge on any atom is 0.244 e. The van der Waals surface area contributed by atoms with Crippen LogP contribution in [-0.2, 0) is 26.2 Å². The van der Waals surface area contributed by atoms with Gasteiger partial charge in [0.2, 0.25) is 21.8 Å². The minimum absolute atomic E-state index is 0.116. The van der Waals surface area contributed by atoms with E-state index >= 15 is 0 Å². The van der Waals surface area contributed by atoms with Crippen molar-refractivity contribution >= 4 is 50.7 Å². The Morgan fingerprint density at radius 3 is 2.29 bits per heavy atom. The number of amides is 2. The highest BCUT2D eigenvalue weighted by molar-refractivity contribution is 7.92. The Kier molecular flexibility index (Phi) is 9.73. The lowest BCUT2D eigenvalue weighted by Gasteiger charge is -2.32. The van der Waals surface area contributed by atoms with Gasteiger partial charge in [-0.05, 0) is 44.5 Å². The van der Waals surface area contributed by atoms with Gasteiger partial charge in [0.1, 0.15) is 18.4 Å². The molecule has 2 atom stereocenters. The molecule has 0 heterocycles. The summed E-state index contributed by atoms with van der Waals surface area (Å²) in [5, 5.41) is 3.14. The first-order valence-corrected chi connectivity index (χ1v) is 13.2. The van der Waals surface area contributed by atoms with E-state index in [1.807, 2.05) is 13.8 Å². The van der Waals surface area contributed by atoms with Gasteiger partial charge >= 0.3 is 0 Å². The van der Waals surface area contributed by atoms with Crippen LogP contribution in [0.4, 0.5) is 10.1 Å². The molecule has 2 amide bonds. The molecule has 2 rings (SSSR count).